The number of alkyl halides is 3. The van der Waals surface area contributed by atoms with E-state index in [0.29, 0.717) is 12.8 Å². The molecule has 0 spiro atoms. The normalized spacial score (nSPS) is 23.2. The molecule has 1 saturated heterocycles. The van der Waals surface area contributed by atoms with E-state index in [9.17, 15) is 21.6 Å². The molecule has 0 bridgehead atoms. The number of benzene rings is 1. The van der Waals surface area contributed by atoms with Crippen LogP contribution in [-0.2, 0) is 20.9 Å². The van der Waals surface area contributed by atoms with Crippen LogP contribution < -0.4 is 0 Å². The molecule has 0 radical (unpaired) electrons. The van der Waals surface area contributed by atoms with E-state index in [4.69, 9.17) is 4.74 Å². The molecule has 9 heteroatoms. The average Bonchev–Trinajstić information content (AvgIpc) is 2.80. The molecule has 2 aliphatic rings. The predicted molar refractivity (Wildman–Crippen MR) is 123 cm³/mol. The number of piperidine rings is 1. The third kappa shape index (κ3) is 7.41. The van der Waals surface area contributed by atoms with Gasteiger partial charge >= 0.3 is 6.18 Å². The van der Waals surface area contributed by atoms with E-state index in [-0.39, 0.29) is 23.6 Å². The summed E-state index contributed by atoms with van der Waals surface area (Å²) in [6.45, 7) is 6.37. The van der Waals surface area contributed by atoms with Crippen molar-refractivity contribution < 1.29 is 26.3 Å². The molecule has 2 fully saturated rings. The van der Waals surface area contributed by atoms with Gasteiger partial charge in [0.15, 0.2) is 0 Å². The molecule has 5 nitrogen and oxygen atoms in total. The lowest BCUT2D eigenvalue weighted by Gasteiger charge is -2.35. The standard InChI is InChI=1S/C24H37F3N2O3S/c1-2-29(33(30,31)23-14-8-20(9-15-23)24(25,26)27)21-10-12-22(13-11-21)32-19-7-6-18-28-16-4-3-5-17-28/h8-9,14-15,21-22H,2-7,10-13,16-19H2,1H3/t21-,22-. The van der Waals surface area contributed by atoms with E-state index in [1.807, 2.05) is 0 Å². The van der Waals surface area contributed by atoms with Crippen molar-refractivity contribution in [2.45, 2.75) is 87.9 Å². The van der Waals surface area contributed by atoms with Gasteiger partial charge in [0.1, 0.15) is 0 Å². The van der Waals surface area contributed by atoms with Crippen LogP contribution in [-0.4, -0.2) is 62.6 Å². The Hall–Kier alpha value is -1.16. The summed E-state index contributed by atoms with van der Waals surface area (Å²) >= 11 is 0. The Morgan fingerprint density at radius 2 is 1.64 bits per heavy atom. The molecule has 3 rings (SSSR count). The molecule has 1 heterocycles. The second-order valence-corrected chi connectivity index (χ2v) is 11.0. The predicted octanol–water partition coefficient (Wildman–Crippen LogP) is 5.31. The maximum atomic E-state index is 13.1. The van der Waals surface area contributed by atoms with E-state index < -0.39 is 21.8 Å². The third-order valence-corrected chi connectivity index (χ3v) is 8.86. The van der Waals surface area contributed by atoms with Crippen LogP contribution in [0.3, 0.4) is 0 Å². The van der Waals surface area contributed by atoms with Crippen molar-refractivity contribution in [1.29, 1.82) is 0 Å². The zero-order chi connectivity index (χ0) is 23.9. The Labute approximate surface area is 196 Å². The summed E-state index contributed by atoms with van der Waals surface area (Å²) in [7, 11) is -3.85. The van der Waals surface area contributed by atoms with Crippen LogP contribution in [0.2, 0.25) is 0 Å². The first-order valence-electron chi connectivity index (χ1n) is 12.2. The van der Waals surface area contributed by atoms with Gasteiger partial charge in [-0.1, -0.05) is 13.3 Å². The highest BCUT2D eigenvalue weighted by Gasteiger charge is 2.35. The highest BCUT2D eigenvalue weighted by atomic mass is 32.2. The molecule has 1 aliphatic carbocycles. The molecular formula is C24H37F3N2O3S. The first-order chi connectivity index (χ1) is 15.7. The van der Waals surface area contributed by atoms with Gasteiger partial charge in [-0.15, -0.1) is 0 Å². The number of sulfonamides is 1. The van der Waals surface area contributed by atoms with Crippen LogP contribution in [0, 0.1) is 0 Å². The van der Waals surface area contributed by atoms with Crippen molar-refractivity contribution >= 4 is 10.0 Å². The minimum atomic E-state index is -4.49. The SMILES string of the molecule is CCN([C@H]1CC[C@H](OCCCCN2CCCCC2)CC1)S(=O)(=O)c1ccc(C(F)(F)F)cc1. The van der Waals surface area contributed by atoms with E-state index in [0.717, 1.165) is 63.1 Å². The second-order valence-electron chi connectivity index (χ2n) is 9.14. The maximum Gasteiger partial charge on any atom is 0.416 e. The van der Waals surface area contributed by atoms with Crippen LogP contribution in [0.4, 0.5) is 13.2 Å². The summed E-state index contributed by atoms with van der Waals surface area (Å²) in [5, 5.41) is 0. The fraction of sp³-hybridized carbons (Fsp3) is 0.750. The van der Waals surface area contributed by atoms with Crippen molar-refractivity contribution in [3.63, 3.8) is 0 Å². The molecule has 1 aromatic carbocycles. The Morgan fingerprint density at radius 1 is 1.00 bits per heavy atom. The van der Waals surface area contributed by atoms with E-state index in [1.165, 1.54) is 36.7 Å². The van der Waals surface area contributed by atoms with E-state index in [1.54, 1.807) is 6.92 Å². The lowest BCUT2D eigenvalue weighted by molar-refractivity contribution is -0.137. The molecule has 1 aromatic rings. The highest BCUT2D eigenvalue weighted by Crippen LogP contribution is 2.32. The summed E-state index contributed by atoms with van der Waals surface area (Å²) < 4.78 is 72.1. The number of rotatable bonds is 10. The van der Waals surface area contributed by atoms with Crippen LogP contribution in [0.1, 0.15) is 70.3 Å². The number of halogens is 3. The molecule has 1 saturated carbocycles. The summed E-state index contributed by atoms with van der Waals surface area (Å²) in [6.07, 6.45) is 4.83. The summed E-state index contributed by atoms with van der Waals surface area (Å²) in [5.74, 6) is 0. The fourth-order valence-corrected chi connectivity index (χ4v) is 6.64. The maximum absolute atomic E-state index is 13.1. The van der Waals surface area contributed by atoms with Gasteiger partial charge in [-0.2, -0.15) is 17.5 Å². The summed E-state index contributed by atoms with van der Waals surface area (Å²) in [6, 6.07) is 3.62. The number of unbranched alkanes of at least 4 members (excludes halogenated alkanes) is 1. The zero-order valence-electron chi connectivity index (χ0n) is 19.5. The van der Waals surface area contributed by atoms with Gasteiger partial charge in [0.2, 0.25) is 10.0 Å². The summed E-state index contributed by atoms with van der Waals surface area (Å²) in [4.78, 5) is 2.44. The number of ether oxygens (including phenoxy) is 1. The van der Waals surface area contributed by atoms with E-state index >= 15 is 0 Å². The first-order valence-corrected chi connectivity index (χ1v) is 13.7. The van der Waals surface area contributed by atoms with Crippen molar-refractivity contribution in [3.8, 4) is 0 Å². The minimum absolute atomic E-state index is 0.0931. The lowest BCUT2D eigenvalue weighted by atomic mass is 9.93. The Morgan fingerprint density at radius 3 is 2.21 bits per heavy atom. The topological polar surface area (TPSA) is 49.9 Å². The molecule has 1 aliphatic heterocycles. The van der Waals surface area contributed by atoms with E-state index in [2.05, 4.69) is 4.90 Å². The second kappa shape index (κ2) is 12.0. The summed E-state index contributed by atoms with van der Waals surface area (Å²) in [5.41, 5.74) is -0.849. The lowest BCUT2D eigenvalue weighted by Crippen LogP contribution is -2.43. The average molecular weight is 491 g/mol. The van der Waals surface area contributed by atoms with Crippen LogP contribution in [0.5, 0.6) is 0 Å². The Kier molecular flexibility index (Phi) is 9.62. The number of hydrogen-bond donors (Lipinski definition) is 0. The van der Waals surface area contributed by atoms with Crippen molar-refractivity contribution in [3.05, 3.63) is 29.8 Å². The van der Waals surface area contributed by atoms with Gasteiger partial charge in [-0.25, -0.2) is 8.42 Å². The van der Waals surface area contributed by atoms with Gasteiger partial charge in [-0.05, 0) is 95.3 Å². The highest BCUT2D eigenvalue weighted by molar-refractivity contribution is 7.89. The first kappa shape index (κ1) is 26.4. The molecule has 188 valence electrons. The smallest absolute Gasteiger partial charge is 0.378 e. The van der Waals surface area contributed by atoms with Gasteiger partial charge in [0, 0.05) is 19.2 Å². The van der Waals surface area contributed by atoms with Gasteiger partial charge < -0.3 is 9.64 Å². The molecule has 0 unspecified atom stereocenters. The minimum Gasteiger partial charge on any atom is -0.378 e. The molecule has 0 amide bonds. The van der Waals surface area contributed by atoms with Crippen molar-refractivity contribution in [1.82, 2.24) is 9.21 Å². The van der Waals surface area contributed by atoms with Gasteiger partial charge in [0.25, 0.3) is 0 Å². The third-order valence-electron chi connectivity index (χ3n) is 6.82. The number of hydrogen-bond acceptors (Lipinski definition) is 4. The zero-order valence-corrected chi connectivity index (χ0v) is 20.3. The van der Waals surface area contributed by atoms with Gasteiger partial charge in [0.05, 0.1) is 16.6 Å². The Bertz CT molecular complexity index is 816. The largest absolute Gasteiger partial charge is 0.416 e. The number of likely N-dealkylation sites (tertiary alicyclic amines) is 1. The van der Waals surface area contributed by atoms with Crippen LogP contribution >= 0.6 is 0 Å². The quantitative estimate of drug-likeness (QED) is 0.417. The molecular weight excluding hydrogens is 453 g/mol. The van der Waals surface area contributed by atoms with Crippen LogP contribution in [0.15, 0.2) is 29.2 Å². The van der Waals surface area contributed by atoms with Crippen LogP contribution in [0.25, 0.3) is 0 Å². The monoisotopic (exact) mass is 490 g/mol. The molecule has 0 atom stereocenters. The van der Waals surface area contributed by atoms with Crippen molar-refractivity contribution in [2.24, 2.45) is 0 Å². The van der Waals surface area contributed by atoms with Crippen molar-refractivity contribution in [2.75, 3.05) is 32.8 Å². The fourth-order valence-electron chi connectivity index (χ4n) is 4.95. The Balaban J connectivity index is 1.44. The molecule has 33 heavy (non-hydrogen) atoms. The molecule has 0 aromatic heterocycles. The number of nitrogens with zero attached hydrogens (tertiary/aromatic N) is 2. The molecule has 0 N–H and O–H groups in total. The van der Waals surface area contributed by atoms with Gasteiger partial charge in [-0.3, -0.25) is 0 Å².